The van der Waals surface area contributed by atoms with E-state index in [-0.39, 0.29) is 11.7 Å². The van der Waals surface area contributed by atoms with Gasteiger partial charge in [-0.3, -0.25) is 4.79 Å². The van der Waals surface area contributed by atoms with E-state index in [9.17, 15) is 4.79 Å². The zero-order valence-corrected chi connectivity index (χ0v) is 15.9. The highest BCUT2D eigenvalue weighted by Gasteiger charge is 2.14. The van der Waals surface area contributed by atoms with Crippen LogP contribution >= 0.6 is 11.8 Å². The Hall–Kier alpha value is -2.60. The number of benzene rings is 2. The smallest absolute Gasteiger partial charge is 0.277 e. The lowest BCUT2D eigenvalue weighted by atomic mass is 10.1. The molecule has 1 heterocycles. The van der Waals surface area contributed by atoms with Crippen molar-refractivity contribution in [1.82, 2.24) is 15.1 Å². The number of carbonyl (C=O) groups is 1. The molecule has 0 N–H and O–H groups in total. The van der Waals surface area contributed by atoms with Crippen molar-refractivity contribution in [2.75, 3.05) is 12.8 Å². The largest absolute Gasteiger partial charge is 0.411 e. The molecule has 5 nitrogen and oxygen atoms in total. The zero-order chi connectivity index (χ0) is 18.5. The Balaban J connectivity index is 1.54. The van der Waals surface area contributed by atoms with Crippen LogP contribution in [0.3, 0.4) is 0 Å². The topological polar surface area (TPSA) is 59.2 Å². The lowest BCUT2D eigenvalue weighted by molar-refractivity contribution is -0.127. The van der Waals surface area contributed by atoms with Crippen LogP contribution < -0.4 is 0 Å². The Morgan fingerprint density at radius 1 is 1.00 bits per heavy atom. The molecule has 6 heteroatoms. The average molecular weight is 367 g/mol. The monoisotopic (exact) mass is 367 g/mol. The van der Waals surface area contributed by atoms with Crippen molar-refractivity contribution in [3.05, 3.63) is 65.2 Å². The first kappa shape index (κ1) is 18.2. The number of aromatic nitrogens is 2. The van der Waals surface area contributed by atoms with Gasteiger partial charge in [0.2, 0.25) is 11.8 Å². The lowest BCUT2D eigenvalue weighted by Crippen LogP contribution is -2.27. The fourth-order valence-corrected chi connectivity index (χ4v) is 3.07. The molecule has 26 heavy (non-hydrogen) atoms. The molecule has 0 spiro atoms. The van der Waals surface area contributed by atoms with Crippen LogP contribution in [0.15, 0.2) is 58.2 Å². The third-order valence-corrected chi connectivity index (χ3v) is 4.79. The number of rotatable bonds is 6. The highest BCUT2D eigenvalue weighted by molar-refractivity contribution is 7.99. The van der Waals surface area contributed by atoms with Gasteiger partial charge >= 0.3 is 0 Å². The van der Waals surface area contributed by atoms with Gasteiger partial charge in [0.05, 0.1) is 5.75 Å². The molecule has 0 atom stereocenters. The summed E-state index contributed by atoms with van der Waals surface area (Å²) in [6.45, 7) is 4.65. The van der Waals surface area contributed by atoms with Crippen molar-refractivity contribution in [2.24, 2.45) is 0 Å². The Morgan fingerprint density at radius 3 is 2.27 bits per heavy atom. The molecule has 3 rings (SSSR count). The maximum Gasteiger partial charge on any atom is 0.277 e. The van der Waals surface area contributed by atoms with E-state index in [0.717, 1.165) is 11.1 Å². The molecule has 0 saturated carbocycles. The van der Waals surface area contributed by atoms with Gasteiger partial charge in [-0.2, -0.15) is 0 Å². The van der Waals surface area contributed by atoms with Gasteiger partial charge in [-0.05, 0) is 31.5 Å². The van der Waals surface area contributed by atoms with Crippen LogP contribution in [-0.4, -0.2) is 33.8 Å². The van der Waals surface area contributed by atoms with Gasteiger partial charge in [0.15, 0.2) is 0 Å². The lowest BCUT2D eigenvalue weighted by Gasteiger charge is -2.16. The van der Waals surface area contributed by atoms with E-state index in [1.807, 2.05) is 62.4 Å². The maximum atomic E-state index is 12.3. The molecule has 2 aromatic carbocycles. The standard InChI is InChI=1S/C20H21N3O2S/c1-14-4-8-16(9-5-14)12-23(3)18(24)13-26-20-22-21-19(25-20)17-10-6-15(2)7-11-17/h4-11H,12-13H2,1-3H3. The summed E-state index contributed by atoms with van der Waals surface area (Å²) in [4.78, 5) is 14.0. The number of hydrogen-bond donors (Lipinski definition) is 0. The SMILES string of the molecule is Cc1ccc(CN(C)C(=O)CSc2nnc(-c3ccc(C)cc3)o2)cc1. The van der Waals surface area contributed by atoms with E-state index < -0.39 is 0 Å². The summed E-state index contributed by atoms with van der Waals surface area (Å²) in [6, 6.07) is 16.1. The summed E-state index contributed by atoms with van der Waals surface area (Å²) in [5, 5.41) is 8.47. The van der Waals surface area contributed by atoms with Crippen LogP contribution in [-0.2, 0) is 11.3 Å². The molecule has 0 aliphatic carbocycles. The minimum Gasteiger partial charge on any atom is -0.411 e. The number of thioether (sulfide) groups is 1. The Morgan fingerprint density at radius 2 is 1.62 bits per heavy atom. The molecule has 3 aromatic rings. The first-order chi connectivity index (χ1) is 12.5. The van der Waals surface area contributed by atoms with Gasteiger partial charge in [-0.1, -0.05) is 59.3 Å². The predicted octanol–water partition coefficient (Wildman–Crippen LogP) is 4.10. The average Bonchev–Trinajstić information content (AvgIpc) is 3.11. The second-order valence-electron chi connectivity index (χ2n) is 6.26. The highest BCUT2D eigenvalue weighted by Crippen LogP contribution is 2.23. The highest BCUT2D eigenvalue weighted by atomic mass is 32.2. The number of nitrogens with zero attached hydrogens (tertiary/aromatic N) is 3. The molecule has 1 amide bonds. The van der Waals surface area contributed by atoms with Gasteiger partial charge in [0.25, 0.3) is 5.22 Å². The number of amides is 1. The van der Waals surface area contributed by atoms with E-state index in [2.05, 4.69) is 10.2 Å². The van der Waals surface area contributed by atoms with Crippen LogP contribution in [0.2, 0.25) is 0 Å². The fourth-order valence-electron chi connectivity index (χ4n) is 2.37. The van der Waals surface area contributed by atoms with Crippen molar-refractivity contribution in [3.63, 3.8) is 0 Å². The minimum absolute atomic E-state index is 0.0191. The molecular weight excluding hydrogens is 346 g/mol. The molecule has 134 valence electrons. The molecule has 0 aliphatic rings. The van der Waals surface area contributed by atoms with Crippen LogP contribution in [0.5, 0.6) is 0 Å². The van der Waals surface area contributed by atoms with Gasteiger partial charge in [0.1, 0.15) is 0 Å². The van der Waals surface area contributed by atoms with Gasteiger partial charge in [-0.25, -0.2) is 0 Å². The summed E-state index contributed by atoms with van der Waals surface area (Å²) in [6.07, 6.45) is 0. The zero-order valence-electron chi connectivity index (χ0n) is 15.1. The Labute approximate surface area is 157 Å². The van der Waals surface area contributed by atoms with Crippen molar-refractivity contribution < 1.29 is 9.21 Å². The first-order valence-corrected chi connectivity index (χ1v) is 9.32. The number of aryl methyl sites for hydroxylation is 2. The molecule has 0 unspecified atom stereocenters. The van der Waals surface area contributed by atoms with E-state index in [1.54, 1.807) is 11.9 Å². The van der Waals surface area contributed by atoms with Crippen molar-refractivity contribution in [1.29, 1.82) is 0 Å². The quantitative estimate of drug-likeness (QED) is 0.614. The summed E-state index contributed by atoms with van der Waals surface area (Å²) >= 11 is 1.26. The summed E-state index contributed by atoms with van der Waals surface area (Å²) < 4.78 is 5.64. The van der Waals surface area contributed by atoms with Crippen LogP contribution in [0, 0.1) is 13.8 Å². The number of hydrogen-bond acceptors (Lipinski definition) is 5. The summed E-state index contributed by atoms with van der Waals surface area (Å²) in [5.74, 6) is 0.747. The molecule has 0 radical (unpaired) electrons. The third kappa shape index (κ3) is 4.73. The second-order valence-corrected chi connectivity index (χ2v) is 7.19. The summed E-state index contributed by atoms with van der Waals surface area (Å²) in [7, 11) is 1.80. The van der Waals surface area contributed by atoms with Crippen LogP contribution in [0.4, 0.5) is 0 Å². The van der Waals surface area contributed by atoms with Crippen molar-refractivity contribution >= 4 is 17.7 Å². The Bertz CT molecular complexity index is 873. The van der Waals surface area contributed by atoms with E-state index in [0.29, 0.717) is 17.7 Å². The predicted molar refractivity (Wildman–Crippen MR) is 103 cm³/mol. The molecule has 0 fully saturated rings. The normalized spacial score (nSPS) is 10.7. The summed E-state index contributed by atoms with van der Waals surface area (Å²) in [5.41, 5.74) is 4.36. The number of carbonyl (C=O) groups excluding carboxylic acids is 1. The molecule has 0 bridgehead atoms. The van der Waals surface area contributed by atoms with Gasteiger partial charge < -0.3 is 9.32 Å². The van der Waals surface area contributed by atoms with Crippen LogP contribution in [0.25, 0.3) is 11.5 Å². The second kappa shape index (κ2) is 8.19. The molecule has 1 aromatic heterocycles. The Kier molecular flexibility index (Phi) is 5.73. The minimum atomic E-state index is 0.0191. The van der Waals surface area contributed by atoms with Gasteiger partial charge in [0, 0.05) is 19.2 Å². The fraction of sp³-hybridized carbons (Fsp3) is 0.250. The van der Waals surface area contributed by atoms with Gasteiger partial charge in [-0.15, -0.1) is 10.2 Å². The third-order valence-electron chi connectivity index (χ3n) is 3.99. The molecular formula is C20H21N3O2S. The van der Waals surface area contributed by atoms with Crippen molar-refractivity contribution in [2.45, 2.75) is 25.6 Å². The van der Waals surface area contributed by atoms with E-state index >= 15 is 0 Å². The first-order valence-electron chi connectivity index (χ1n) is 8.34. The maximum absolute atomic E-state index is 12.3. The van der Waals surface area contributed by atoms with Crippen molar-refractivity contribution in [3.8, 4) is 11.5 Å². The van der Waals surface area contributed by atoms with E-state index in [4.69, 9.17) is 4.42 Å². The van der Waals surface area contributed by atoms with Crippen LogP contribution in [0.1, 0.15) is 16.7 Å². The molecule has 0 saturated heterocycles. The van der Waals surface area contributed by atoms with E-state index in [1.165, 1.54) is 22.9 Å². The molecule has 0 aliphatic heterocycles.